The molecule has 0 saturated heterocycles. The van der Waals surface area contributed by atoms with Crippen LogP contribution in [0.5, 0.6) is 0 Å². The second-order valence-corrected chi connectivity index (χ2v) is 7.07. The van der Waals surface area contributed by atoms with Gasteiger partial charge in [0.25, 0.3) is 5.91 Å². The molecule has 6 nitrogen and oxygen atoms in total. The standard InChI is InChI=1S/C22H24N2O4/c25-20(23-14-15-6-2-1-3-7-15)16-10-12-17(13-11-16)24-21(26)18-8-4-5-9-19(18)22(27)28/h1-3,6-7,10-13,18-19H,4-5,8-9,14H2,(H,23,25)(H,24,26)(H,27,28)/t18-,19+/m0/s1. The predicted molar refractivity (Wildman–Crippen MR) is 106 cm³/mol. The van der Waals surface area contributed by atoms with Gasteiger partial charge in [0.2, 0.25) is 5.91 Å². The monoisotopic (exact) mass is 380 g/mol. The maximum Gasteiger partial charge on any atom is 0.307 e. The number of nitrogens with one attached hydrogen (secondary N) is 2. The third-order valence-electron chi connectivity index (χ3n) is 5.13. The molecular weight excluding hydrogens is 356 g/mol. The lowest BCUT2D eigenvalue weighted by Gasteiger charge is -2.27. The summed E-state index contributed by atoms with van der Waals surface area (Å²) in [6.45, 7) is 0.441. The third-order valence-corrected chi connectivity index (χ3v) is 5.13. The van der Waals surface area contributed by atoms with Gasteiger partial charge in [0.15, 0.2) is 0 Å². The second-order valence-electron chi connectivity index (χ2n) is 7.07. The first-order chi connectivity index (χ1) is 13.5. The zero-order valence-corrected chi connectivity index (χ0v) is 15.6. The molecule has 2 aromatic rings. The van der Waals surface area contributed by atoms with Crippen LogP contribution in [0.4, 0.5) is 5.69 Å². The number of aliphatic carboxylic acids is 1. The maximum absolute atomic E-state index is 12.5. The van der Waals surface area contributed by atoms with Gasteiger partial charge in [-0.05, 0) is 42.7 Å². The number of carbonyl (C=O) groups is 3. The third kappa shape index (κ3) is 4.97. The Hall–Kier alpha value is -3.15. The van der Waals surface area contributed by atoms with Crippen molar-refractivity contribution in [1.29, 1.82) is 0 Å². The smallest absolute Gasteiger partial charge is 0.307 e. The molecule has 3 N–H and O–H groups in total. The van der Waals surface area contributed by atoms with Crippen LogP contribution in [-0.2, 0) is 16.1 Å². The van der Waals surface area contributed by atoms with Crippen LogP contribution in [0.2, 0.25) is 0 Å². The molecular formula is C22H24N2O4. The predicted octanol–water partition coefficient (Wildman–Crippen LogP) is 3.45. The molecule has 1 aliphatic carbocycles. The van der Waals surface area contributed by atoms with Crippen LogP contribution in [0.25, 0.3) is 0 Å². The molecule has 146 valence electrons. The van der Waals surface area contributed by atoms with E-state index in [0.717, 1.165) is 18.4 Å². The number of carboxylic acid groups (broad SMARTS) is 1. The van der Waals surface area contributed by atoms with E-state index < -0.39 is 17.8 Å². The maximum atomic E-state index is 12.5. The minimum atomic E-state index is -0.912. The van der Waals surface area contributed by atoms with Crippen LogP contribution in [-0.4, -0.2) is 22.9 Å². The van der Waals surface area contributed by atoms with E-state index in [1.807, 2.05) is 30.3 Å². The summed E-state index contributed by atoms with van der Waals surface area (Å²) in [5, 5.41) is 15.0. The fourth-order valence-corrected chi connectivity index (χ4v) is 3.56. The number of amides is 2. The van der Waals surface area contributed by atoms with E-state index >= 15 is 0 Å². The van der Waals surface area contributed by atoms with Crippen LogP contribution < -0.4 is 10.6 Å². The van der Waals surface area contributed by atoms with Gasteiger partial charge >= 0.3 is 5.97 Å². The lowest BCUT2D eigenvalue weighted by atomic mass is 9.78. The summed E-state index contributed by atoms with van der Waals surface area (Å²) in [6, 6.07) is 16.2. The van der Waals surface area contributed by atoms with Crippen LogP contribution in [0.3, 0.4) is 0 Å². The number of hydrogen-bond donors (Lipinski definition) is 3. The van der Waals surface area contributed by atoms with E-state index in [0.29, 0.717) is 30.6 Å². The number of hydrogen-bond acceptors (Lipinski definition) is 3. The Labute approximate surface area is 164 Å². The summed E-state index contributed by atoms with van der Waals surface area (Å²) in [5.41, 5.74) is 2.06. The Morgan fingerprint density at radius 1 is 0.893 bits per heavy atom. The Balaban J connectivity index is 1.57. The van der Waals surface area contributed by atoms with Crippen LogP contribution in [0, 0.1) is 11.8 Å². The average molecular weight is 380 g/mol. The van der Waals surface area contributed by atoms with Crippen LogP contribution in [0.1, 0.15) is 41.6 Å². The normalized spacial score (nSPS) is 18.9. The summed E-state index contributed by atoms with van der Waals surface area (Å²) >= 11 is 0. The average Bonchev–Trinajstić information content (AvgIpc) is 2.73. The highest BCUT2D eigenvalue weighted by Crippen LogP contribution is 2.31. The van der Waals surface area contributed by atoms with Gasteiger partial charge in [0.05, 0.1) is 11.8 Å². The van der Waals surface area contributed by atoms with Gasteiger partial charge in [-0.1, -0.05) is 43.2 Å². The van der Waals surface area contributed by atoms with Gasteiger partial charge < -0.3 is 15.7 Å². The number of benzene rings is 2. The lowest BCUT2D eigenvalue weighted by Crippen LogP contribution is -2.36. The minimum absolute atomic E-state index is 0.194. The van der Waals surface area contributed by atoms with Crippen molar-refractivity contribution in [2.24, 2.45) is 11.8 Å². The summed E-state index contributed by atoms with van der Waals surface area (Å²) in [7, 11) is 0. The molecule has 2 atom stereocenters. The fraction of sp³-hybridized carbons (Fsp3) is 0.318. The molecule has 2 aromatic carbocycles. The molecule has 0 aromatic heterocycles. The minimum Gasteiger partial charge on any atom is -0.481 e. The van der Waals surface area contributed by atoms with Crippen molar-refractivity contribution in [3.05, 3.63) is 65.7 Å². The quantitative estimate of drug-likeness (QED) is 0.715. The molecule has 0 bridgehead atoms. The molecule has 0 heterocycles. The van der Waals surface area contributed by atoms with Gasteiger partial charge in [0, 0.05) is 17.8 Å². The van der Waals surface area contributed by atoms with Crippen molar-refractivity contribution < 1.29 is 19.5 Å². The molecule has 0 aliphatic heterocycles. The largest absolute Gasteiger partial charge is 0.481 e. The van der Waals surface area contributed by atoms with E-state index in [-0.39, 0.29) is 11.8 Å². The first-order valence-corrected chi connectivity index (χ1v) is 9.50. The SMILES string of the molecule is O=C(NCc1ccccc1)c1ccc(NC(=O)[C@H]2CCCC[C@H]2C(=O)O)cc1. The Bertz CT molecular complexity index is 833. The highest BCUT2D eigenvalue weighted by atomic mass is 16.4. The fourth-order valence-electron chi connectivity index (χ4n) is 3.56. The highest BCUT2D eigenvalue weighted by molar-refractivity contribution is 5.97. The molecule has 0 unspecified atom stereocenters. The number of rotatable bonds is 6. The van der Waals surface area contributed by atoms with E-state index in [9.17, 15) is 19.5 Å². The van der Waals surface area contributed by atoms with Crippen molar-refractivity contribution in [3.63, 3.8) is 0 Å². The van der Waals surface area contributed by atoms with Crippen molar-refractivity contribution in [2.75, 3.05) is 5.32 Å². The molecule has 3 rings (SSSR count). The lowest BCUT2D eigenvalue weighted by molar-refractivity contribution is -0.147. The number of carbonyl (C=O) groups excluding carboxylic acids is 2. The number of anilines is 1. The first-order valence-electron chi connectivity index (χ1n) is 9.50. The van der Waals surface area contributed by atoms with Gasteiger partial charge in [-0.2, -0.15) is 0 Å². The molecule has 6 heteroatoms. The Morgan fingerprint density at radius 2 is 1.54 bits per heavy atom. The van der Waals surface area contributed by atoms with Gasteiger partial charge in [0.1, 0.15) is 0 Å². The topological polar surface area (TPSA) is 95.5 Å². The van der Waals surface area contributed by atoms with Gasteiger partial charge in [-0.25, -0.2) is 0 Å². The Kier molecular flexibility index (Phi) is 6.42. The zero-order chi connectivity index (χ0) is 19.9. The van der Waals surface area contributed by atoms with Crippen LogP contribution >= 0.6 is 0 Å². The van der Waals surface area contributed by atoms with Crippen LogP contribution in [0.15, 0.2) is 54.6 Å². The molecule has 0 radical (unpaired) electrons. The molecule has 2 amide bonds. The first kappa shape index (κ1) is 19.6. The number of carboxylic acids is 1. The van der Waals surface area contributed by atoms with Gasteiger partial charge in [-0.15, -0.1) is 0 Å². The molecule has 0 spiro atoms. The van der Waals surface area contributed by atoms with Crippen molar-refractivity contribution >= 4 is 23.5 Å². The van der Waals surface area contributed by atoms with E-state index in [4.69, 9.17) is 0 Å². The molecule has 1 fully saturated rings. The highest BCUT2D eigenvalue weighted by Gasteiger charge is 2.35. The summed E-state index contributed by atoms with van der Waals surface area (Å²) in [4.78, 5) is 36.1. The molecule has 28 heavy (non-hydrogen) atoms. The van der Waals surface area contributed by atoms with Crippen molar-refractivity contribution in [2.45, 2.75) is 32.2 Å². The van der Waals surface area contributed by atoms with E-state index in [1.54, 1.807) is 24.3 Å². The Morgan fingerprint density at radius 3 is 2.18 bits per heavy atom. The van der Waals surface area contributed by atoms with Crippen molar-refractivity contribution in [3.8, 4) is 0 Å². The summed E-state index contributed by atoms with van der Waals surface area (Å²) < 4.78 is 0. The molecule has 1 saturated carbocycles. The zero-order valence-electron chi connectivity index (χ0n) is 15.6. The van der Waals surface area contributed by atoms with Crippen molar-refractivity contribution in [1.82, 2.24) is 5.32 Å². The second kappa shape index (κ2) is 9.17. The summed E-state index contributed by atoms with van der Waals surface area (Å²) in [5.74, 6) is -2.52. The van der Waals surface area contributed by atoms with Gasteiger partial charge in [-0.3, -0.25) is 14.4 Å². The van der Waals surface area contributed by atoms with E-state index in [2.05, 4.69) is 10.6 Å². The van der Waals surface area contributed by atoms with E-state index in [1.165, 1.54) is 0 Å². The molecule has 1 aliphatic rings. The summed E-state index contributed by atoms with van der Waals surface area (Å²) in [6.07, 6.45) is 2.83.